The average Bonchev–Trinajstić information content (AvgIpc) is 3.15. The molecule has 7 heteroatoms. The smallest absolute Gasteiger partial charge is 0.191 e. The van der Waals surface area contributed by atoms with Crippen molar-refractivity contribution < 1.29 is 13.2 Å². The lowest BCUT2D eigenvalue weighted by Crippen LogP contribution is -2.39. The minimum absolute atomic E-state index is 0.143. The zero-order valence-electron chi connectivity index (χ0n) is 15.7. The Morgan fingerprint density at radius 2 is 2.12 bits per heavy atom. The Morgan fingerprint density at radius 3 is 2.81 bits per heavy atom. The Hall–Kier alpha value is -1.76. The molecule has 0 unspecified atom stereocenters. The first kappa shape index (κ1) is 19.0. The van der Waals surface area contributed by atoms with Crippen LogP contribution in [0.15, 0.2) is 23.2 Å². The third kappa shape index (κ3) is 5.37. The van der Waals surface area contributed by atoms with E-state index in [4.69, 9.17) is 4.74 Å². The van der Waals surface area contributed by atoms with E-state index in [0.717, 1.165) is 57.1 Å². The fraction of sp³-hybridized carbons (Fsp3) is 0.632. The van der Waals surface area contributed by atoms with Crippen molar-refractivity contribution >= 4 is 15.8 Å². The van der Waals surface area contributed by atoms with E-state index in [2.05, 4.69) is 33.8 Å². The van der Waals surface area contributed by atoms with Gasteiger partial charge in [-0.2, -0.15) is 0 Å². The van der Waals surface area contributed by atoms with Gasteiger partial charge in [-0.05, 0) is 43.4 Å². The van der Waals surface area contributed by atoms with Crippen molar-refractivity contribution in [1.29, 1.82) is 0 Å². The summed E-state index contributed by atoms with van der Waals surface area (Å²) in [6, 6.07) is 6.39. The van der Waals surface area contributed by atoms with Crippen LogP contribution < -0.4 is 15.4 Å². The SMILES string of the molecule is CCNC(=NCC1(CS(C)(=O)=O)CC1)NCCc1ccc2c(c1)CCO2. The predicted molar refractivity (Wildman–Crippen MR) is 105 cm³/mol. The Labute approximate surface area is 156 Å². The lowest BCUT2D eigenvalue weighted by atomic mass is 10.1. The molecule has 1 saturated carbocycles. The van der Waals surface area contributed by atoms with Crippen LogP contribution in [0.1, 0.15) is 30.9 Å². The van der Waals surface area contributed by atoms with Crippen LogP contribution in [-0.4, -0.2) is 52.6 Å². The first-order chi connectivity index (χ1) is 12.4. The topological polar surface area (TPSA) is 79.8 Å². The summed E-state index contributed by atoms with van der Waals surface area (Å²) in [7, 11) is -2.96. The highest BCUT2D eigenvalue weighted by Gasteiger charge is 2.45. The number of hydrogen-bond acceptors (Lipinski definition) is 4. The van der Waals surface area contributed by atoms with Crippen molar-refractivity contribution in [2.24, 2.45) is 10.4 Å². The van der Waals surface area contributed by atoms with E-state index in [1.807, 2.05) is 6.92 Å². The maximum Gasteiger partial charge on any atom is 0.191 e. The van der Waals surface area contributed by atoms with Gasteiger partial charge in [0.05, 0.1) is 12.4 Å². The number of guanidine groups is 1. The van der Waals surface area contributed by atoms with Crippen molar-refractivity contribution in [2.75, 3.05) is 38.2 Å². The molecule has 1 aromatic carbocycles. The van der Waals surface area contributed by atoms with Gasteiger partial charge in [-0.1, -0.05) is 12.1 Å². The van der Waals surface area contributed by atoms with Crippen LogP contribution >= 0.6 is 0 Å². The number of ether oxygens (including phenoxy) is 1. The zero-order chi connectivity index (χ0) is 18.6. The molecule has 2 N–H and O–H groups in total. The number of nitrogens with zero attached hydrogens (tertiary/aromatic N) is 1. The quantitative estimate of drug-likeness (QED) is 0.529. The Balaban J connectivity index is 1.52. The van der Waals surface area contributed by atoms with Crippen LogP contribution in [0.2, 0.25) is 0 Å². The highest BCUT2D eigenvalue weighted by atomic mass is 32.2. The second kappa shape index (κ2) is 7.86. The molecule has 0 aromatic heterocycles. The van der Waals surface area contributed by atoms with Gasteiger partial charge in [0.25, 0.3) is 0 Å². The zero-order valence-corrected chi connectivity index (χ0v) is 16.5. The highest BCUT2D eigenvalue weighted by molar-refractivity contribution is 7.90. The summed E-state index contributed by atoms with van der Waals surface area (Å²) >= 11 is 0. The first-order valence-electron chi connectivity index (χ1n) is 9.34. The molecule has 1 aliphatic carbocycles. The largest absolute Gasteiger partial charge is 0.493 e. The molecular weight excluding hydrogens is 350 g/mol. The molecule has 0 saturated heterocycles. The van der Waals surface area contributed by atoms with Crippen molar-refractivity contribution in [3.8, 4) is 5.75 Å². The normalized spacial score (nSPS) is 18.2. The van der Waals surface area contributed by atoms with Crippen LogP contribution in [0.5, 0.6) is 5.75 Å². The molecule has 0 amide bonds. The summed E-state index contributed by atoms with van der Waals surface area (Å²) in [6.07, 6.45) is 5.09. The van der Waals surface area contributed by atoms with Crippen molar-refractivity contribution in [1.82, 2.24) is 10.6 Å². The molecule has 0 bridgehead atoms. The number of nitrogens with one attached hydrogen (secondary N) is 2. The minimum atomic E-state index is -2.96. The predicted octanol–water partition coefficient (Wildman–Crippen LogP) is 1.54. The van der Waals surface area contributed by atoms with E-state index in [-0.39, 0.29) is 11.2 Å². The lowest BCUT2D eigenvalue weighted by Gasteiger charge is -2.15. The molecule has 0 radical (unpaired) electrons. The van der Waals surface area contributed by atoms with Crippen LogP contribution in [0.25, 0.3) is 0 Å². The van der Waals surface area contributed by atoms with Crippen LogP contribution in [0.3, 0.4) is 0 Å². The van der Waals surface area contributed by atoms with Crippen molar-refractivity contribution in [3.63, 3.8) is 0 Å². The standard InChI is InChI=1S/C19H29N3O3S/c1-3-20-18(22-13-19(8-9-19)14-26(2,23)24)21-10-6-15-4-5-17-16(12-15)7-11-25-17/h4-5,12H,3,6-11,13-14H2,1-2H3,(H2,20,21,22). The summed E-state index contributed by atoms with van der Waals surface area (Å²) in [6.45, 7) is 4.93. The fourth-order valence-electron chi connectivity index (χ4n) is 3.39. The lowest BCUT2D eigenvalue weighted by molar-refractivity contribution is 0.357. The summed E-state index contributed by atoms with van der Waals surface area (Å²) in [5.41, 5.74) is 2.43. The van der Waals surface area contributed by atoms with Crippen molar-refractivity contribution in [3.05, 3.63) is 29.3 Å². The van der Waals surface area contributed by atoms with Gasteiger partial charge in [0.15, 0.2) is 5.96 Å². The Morgan fingerprint density at radius 1 is 1.31 bits per heavy atom. The summed E-state index contributed by atoms with van der Waals surface area (Å²) in [5, 5.41) is 6.60. The number of sulfone groups is 1. The average molecular weight is 380 g/mol. The first-order valence-corrected chi connectivity index (χ1v) is 11.4. The molecule has 0 spiro atoms. The van der Waals surface area contributed by atoms with E-state index in [1.54, 1.807) is 0 Å². The third-order valence-electron chi connectivity index (χ3n) is 4.90. The monoisotopic (exact) mass is 379 g/mol. The summed E-state index contributed by atoms with van der Waals surface area (Å²) in [5.74, 6) is 2.01. The number of rotatable bonds is 8. The molecule has 0 atom stereocenters. The molecule has 1 heterocycles. The van der Waals surface area contributed by atoms with E-state index >= 15 is 0 Å². The number of benzene rings is 1. The van der Waals surface area contributed by atoms with Gasteiger partial charge in [-0.15, -0.1) is 0 Å². The van der Waals surface area contributed by atoms with E-state index < -0.39 is 9.84 Å². The van der Waals surface area contributed by atoms with Gasteiger partial charge in [0, 0.05) is 37.7 Å². The van der Waals surface area contributed by atoms with E-state index in [9.17, 15) is 8.42 Å². The molecule has 2 aliphatic rings. The Bertz CT molecular complexity index is 770. The molecule has 6 nitrogen and oxygen atoms in total. The van der Waals surface area contributed by atoms with Gasteiger partial charge >= 0.3 is 0 Å². The van der Waals surface area contributed by atoms with Crippen molar-refractivity contribution in [2.45, 2.75) is 32.6 Å². The van der Waals surface area contributed by atoms with E-state index in [1.165, 1.54) is 17.4 Å². The second-order valence-electron chi connectivity index (χ2n) is 7.48. The molecule has 1 aliphatic heterocycles. The molecule has 26 heavy (non-hydrogen) atoms. The van der Waals surface area contributed by atoms with Gasteiger partial charge in [-0.25, -0.2) is 8.42 Å². The summed E-state index contributed by atoms with van der Waals surface area (Å²) in [4.78, 5) is 4.63. The van der Waals surface area contributed by atoms with Crippen LogP contribution in [-0.2, 0) is 22.7 Å². The highest BCUT2D eigenvalue weighted by Crippen LogP contribution is 2.46. The van der Waals surface area contributed by atoms with Gasteiger partial charge in [-0.3, -0.25) is 4.99 Å². The van der Waals surface area contributed by atoms with Crippen LogP contribution in [0.4, 0.5) is 0 Å². The van der Waals surface area contributed by atoms with E-state index in [0.29, 0.717) is 6.54 Å². The molecule has 1 aromatic rings. The maximum absolute atomic E-state index is 11.6. The third-order valence-corrected chi connectivity index (χ3v) is 6.04. The molecule has 1 fully saturated rings. The molecular formula is C19H29N3O3S. The summed E-state index contributed by atoms with van der Waals surface area (Å²) < 4.78 is 28.7. The Kier molecular flexibility index (Phi) is 5.75. The van der Waals surface area contributed by atoms with Crippen LogP contribution in [0, 0.1) is 5.41 Å². The van der Waals surface area contributed by atoms with Gasteiger partial charge < -0.3 is 15.4 Å². The van der Waals surface area contributed by atoms with Gasteiger partial charge in [0.1, 0.15) is 15.6 Å². The number of fused-ring (bicyclic) bond motifs is 1. The molecule has 3 rings (SSSR count). The minimum Gasteiger partial charge on any atom is -0.493 e. The molecule has 144 valence electrons. The number of hydrogen-bond donors (Lipinski definition) is 2. The maximum atomic E-state index is 11.6. The number of aliphatic imine (C=N–C) groups is 1. The second-order valence-corrected chi connectivity index (χ2v) is 9.62. The van der Waals surface area contributed by atoms with Gasteiger partial charge in [0.2, 0.25) is 0 Å². The fourth-order valence-corrected chi connectivity index (χ4v) is 4.88.